The summed E-state index contributed by atoms with van der Waals surface area (Å²) in [4.78, 5) is 24.5. The molecule has 37 heavy (non-hydrogen) atoms. The third kappa shape index (κ3) is 5.61. The van der Waals surface area contributed by atoms with Crippen molar-refractivity contribution >= 4 is 45.8 Å². The summed E-state index contributed by atoms with van der Waals surface area (Å²) in [5, 5.41) is 5.49. The van der Waals surface area contributed by atoms with Gasteiger partial charge in [0.25, 0.3) is 5.91 Å². The number of pyridine rings is 1. The van der Waals surface area contributed by atoms with Crippen LogP contribution in [0.25, 0.3) is 22.0 Å². The SMILES string of the molecule is CC(C)(C)c1ccc(Oc2ccc3cnc(C(=O)Nc4ncc(-c5ccc(Cl)cc5Cl)[nH]4)cc3c2)cc1. The van der Waals surface area contributed by atoms with Gasteiger partial charge in [-0.05, 0) is 71.0 Å². The lowest BCUT2D eigenvalue weighted by atomic mass is 9.87. The number of aromatic nitrogens is 3. The molecule has 0 unspecified atom stereocenters. The number of nitrogens with one attached hydrogen (secondary N) is 2. The molecule has 0 saturated carbocycles. The first-order chi connectivity index (χ1) is 17.7. The Bertz CT molecular complexity index is 1610. The Labute approximate surface area is 224 Å². The number of nitrogens with zero attached hydrogens (tertiary/aromatic N) is 2. The molecule has 0 atom stereocenters. The number of benzene rings is 3. The molecular weight excluding hydrogens is 507 g/mol. The molecule has 2 N–H and O–H groups in total. The zero-order valence-corrected chi connectivity index (χ0v) is 22.0. The fourth-order valence-corrected chi connectivity index (χ4v) is 4.38. The second kappa shape index (κ2) is 9.88. The highest BCUT2D eigenvalue weighted by atomic mass is 35.5. The number of hydrogen-bond acceptors (Lipinski definition) is 4. The molecule has 6 nitrogen and oxygen atoms in total. The minimum absolute atomic E-state index is 0.0750. The number of halogens is 2. The van der Waals surface area contributed by atoms with Crippen LogP contribution in [-0.2, 0) is 5.41 Å². The van der Waals surface area contributed by atoms with Crippen LogP contribution in [0.3, 0.4) is 0 Å². The van der Waals surface area contributed by atoms with Crippen molar-refractivity contribution in [2.75, 3.05) is 5.32 Å². The van der Waals surface area contributed by atoms with Gasteiger partial charge in [0.1, 0.15) is 17.2 Å². The monoisotopic (exact) mass is 530 g/mol. The number of ether oxygens (including phenoxy) is 1. The van der Waals surface area contributed by atoms with E-state index in [9.17, 15) is 4.79 Å². The fourth-order valence-electron chi connectivity index (χ4n) is 3.87. The third-order valence-corrected chi connectivity index (χ3v) is 6.46. The first kappa shape index (κ1) is 24.8. The first-order valence-corrected chi connectivity index (χ1v) is 12.4. The van der Waals surface area contributed by atoms with Crippen LogP contribution in [0.4, 0.5) is 5.95 Å². The summed E-state index contributed by atoms with van der Waals surface area (Å²) >= 11 is 12.3. The maximum Gasteiger partial charge on any atom is 0.276 e. The van der Waals surface area contributed by atoms with Gasteiger partial charge in [-0.1, -0.05) is 56.1 Å². The van der Waals surface area contributed by atoms with Crippen LogP contribution in [0.1, 0.15) is 36.8 Å². The van der Waals surface area contributed by atoms with E-state index in [-0.39, 0.29) is 17.1 Å². The lowest BCUT2D eigenvalue weighted by Crippen LogP contribution is -2.14. The van der Waals surface area contributed by atoms with Crippen LogP contribution in [-0.4, -0.2) is 20.9 Å². The van der Waals surface area contributed by atoms with Gasteiger partial charge in [0.15, 0.2) is 0 Å². The van der Waals surface area contributed by atoms with Gasteiger partial charge in [-0.25, -0.2) is 4.98 Å². The van der Waals surface area contributed by atoms with E-state index in [1.54, 1.807) is 36.7 Å². The molecule has 0 aliphatic rings. The van der Waals surface area contributed by atoms with Crippen LogP contribution in [0.2, 0.25) is 10.0 Å². The van der Waals surface area contributed by atoms with Gasteiger partial charge >= 0.3 is 0 Å². The van der Waals surface area contributed by atoms with Crippen LogP contribution in [0.15, 0.2) is 79.1 Å². The maximum atomic E-state index is 12.9. The minimum atomic E-state index is -0.394. The van der Waals surface area contributed by atoms with Crippen molar-refractivity contribution in [1.82, 2.24) is 15.0 Å². The molecule has 0 saturated heterocycles. The summed E-state index contributed by atoms with van der Waals surface area (Å²) < 4.78 is 6.06. The van der Waals surface area contributed by atoms with Gasteiger partial charge in [0.05, 0.1) is 16.9 Å². The molecule has 0 spiro atoms. The molecule has 3 aromatic carbocycles. The van der Waals surface area contributed by atoms with E-state index < -0.39 is 5.91 Å². The Hall–Kier alpha value is -3.87. The lowest BCUT2D eigenvalue weighted by molar-refractivity contribution is 0.102. The molecule has 5 rings (SSSR count). The number of fused-ring (bicyclic) bond motifs is 1. The predicted molar refractivity (Wildman–Crippen MR) is 149 cm³/mol. The van der Waals surface area contributed by atoms with Crippen LogP contribution >= 0.6 is 23.2 Å². The molecule has 0 aliphatic carbocycles. The second-order valence-electron chi connectivity index (χ2n) is 9.68. The first-order valence-electron chi connectivity index (χ1n) is 11.7. The minimum Gasteiger partial charge on any atom is -0.457 e. The summed E-state index contributed by atoms with van der Waals surface area (Å²) in [6, 6.07) is 20.6. The molecule has 0 radical (unpaired) electrons. The van der Waals surface area contributed by atoms with Crippen LogP contribution < -0.4 is 10.1 Å². The number of hydrogen-bond donors (Lipinski definition) is 2. The zero-order chi connectivity index (χ0) is 26.2. The molecule has 8 heteroatoms. The Morgan fingerprint density at radius 2 is 1.62 bits per heavy atom. The van der Waals surface area contributed by atoms with E-state index in [0.717, 1.165) is 22.1 Å². The van der Waals surface area contributed by atoms with Crippen molar-refractivity contribution in [3.8, 4) is 22.8 Å². The molecule has 186 valence electrons. The standard InChI is InChI=1S/C29H24Cl2N4O2/c1-29(2,3)19-5-9-21(10-6-19)37-22-8-4-17-15-32-25(13-18(17)12-22)27(36)35-28-33-16-26(34-28)23-11-7-20(30)14-24(23)31/h4-16H,1-3H3,(H2,33,34,35,36). The number of carbonyl (C=O) groups excluding carboxylic acids is 1. The van der Waals surface area contributed by atoms with Gasteiger partial charge in [0, 0.05) is 22.2 Å². The number of aromatic amines is 1. The highest BCUT2D eigenvalue weighted by Gasteiger charge is 2.15. The Balaban J connectivity index is 1.32. The molecule has 5 aromatic rings. The second-order valence-corrected chi connectivity index (χ2v) is 10.5. The summed E-state index contributed by atoms with van der Waals surface area (Å²) in [5.41, 5.74) is 2.94. The normalized spacial score (nSPS) is 11.5. The van der Waals surface area contributed by atoms with E-state index >= 15 is 0 Å². The number of anilines is 1. The van der Waals surface area contributed by atoms with E-state index in [2.05, 4.69) is 53.2 Å². The van der Waals surface area contributed by atoms with Crippen LogP contribution in [0.5, 0.6) is 11.5 Å². The van der Waals surface area contributed by atoms with E-state index in [0.29, 0.717) is 21.5 Å². The fraction of sp³-hybridized carbons (Fsp3) is 0.138. The van der Waals surface area contributed by atoms with E-state index in [4.69, 9.17) is 27.9 Å². The van der Waals surface area contributed by atoms with Gasteiger partial charge in [-0.15, -0.1) is 0 Å². The van der Waals surface area contributed by atoms with Crippen molar-refractivity contribution in [3.05, 3.63) is 100 Å². The third-order valence-electron chi connectivity index (χ3n) is 5.91. The highest BCUT2D eigenvalue weighted by molar-refractivity contribution is 6.36. The van der Waals surface area contributed by atoms with Crippen molar-refractivity contribution < 1.29 is 9.53 Å². The number of imidazole rings is 1. The summed E-state index contributed by atoms with van der Waals surface area (Å²) in [6.45, 7) is 6.52. The highest BCUT2D eigenvalue weighted by Crippen LogP contribution is 2.31. The summed E-state index contributed by atoms with van der Waals surface area (Å²) in [5.74, 6) is 1.30. The maximum absolute atomic E-state index is 12.9. The number of amides is 1. The van der Waals surface area contributed by atoms with Crippen LogP contribution in [0, 0.1) is 0 Å². The number of rotatable bonds is 5. The van der Waals surface area contributed by atoms with Gasteiger partial charge < -0.3 is 9.72 Å². The molecule has 0 fully saturated rings. The Morgan fingerprint density at radius 1 is 0.865 bits per heavy atom. The van der Waals surface area contributed by atoms with E-state index in [1.807, 2.05) is 30.3 Å². The van der Waals surface area contributed by atoms with Crippen molar-refractivity contribution in [2.24, 2.45) is 0 Å². The lowest BCUT2D eigenvalue weighted by Gasteiger charge is -2.19. The zero-order valence-electron chi connectivity index (χ0n) is 20.5. The topological polar surface area (TPSA) is 79.9 Å². The van der Waals surface area contributed by atoms with Crippen molar-refractivity contribution in [1.29, 1.82) is 0 Å². The summed E-state index contributed by atoms with van der Waals surface area (Å²) in [7, 11) is 0. The van der Waals surface area contributed by atoms with Gasteiger partial charge in [-0.2, -0.15) is 0 Å². The quantitative estimate of drug-likeness (QED) is 0.239. The van der Waals surface area contributed by atoms with Crippen molar-refractivity contribution in [2.45, 2.75) is 26.2 Å². The van der Waals surface area contributed by atoms with Gasteiger partial charge in [-0.3, -0.25) is 15.1 Å². The average Bonchev–Trinajstić information content (AvgIpc) is 3.31. The smallest absolute Gasteiger partial charge is 0.276 e. The van der Waals surface area contributed by atoms with Crippen molar-refractivity contribution in [3.63, 3.8) is 0 Å². The molecular formula is C29H24Cl2N4O2. The molecule has 2 aromatic heterocycles. The number of H-pyrrole nitrogens is 1. The molecule has 0 bridgehead atoms. The number of carbonyl (C=O) groups is 1. The predicted octanol–water partition coefficient (Wildman–Crippen LogP) is 8.27. The molecule has 1 amide bonds. The Kier molecular flexibility index (Phi) is 6.63. The van der Waals surface area contributed by atoms with Gasteiger partial charge in [0.2, 0.25) is 5.95 Å². The molecule has 2 heterocycles. The molecule has 0 aliphatic heterocycles. The average molecular weight is 531 g/mol. The van der Waals surface area contributed by atoms with E-state index in [1.165, 1.54) is 5.56 Å². The Morgan fingerprint density at radius 3 is 2.35 bits per heavy atom. The summed E-state index contributed by atoms with van der Waals surface area (Å²) in [6.07, 6.45) is 3.25. The largest absolute Gasteiger partial charge is 0.457 e.